The summed E-state index contributed by atoms with van der Waals surface area (Å²) in [6, 6.07) is 5.54. The largest absolute Gasteiger partial charge is 0.400 e. The summed E-state index contributed by atoms with van der Waals surface area (Å²) in [5.41, 5.74) is 3.18. The molecule has 8 heteroatoms. The predicted molar refractivity (Wildman–Crippen MR) is 104 cm³/mol. The third kappa shape index (κ3) is 3.28. The molecule has 0 aliphatic carbocycles. The molecule has 1 fully saturated rings. The summed E-state index contributed by atoms with van der Waals surface area (Å²) in [4.78, 5) is 18.2. The van der Waals surface area contributed by atoms with E-state index >= 15 is 0 Å². The number of rotatable bonds is 3. The molecule has 0 bridgehead atoms. The lowest BCUT2D eigenvalue weighted by Gasteiger charge is -2.25. The maximum absolute atomic E-state index is 11.4. The van der Waals surface area contributed by atoms with E-state index in [1.54, 1.807) is 18.5 Å². The SMILES string of the molecule is CO.O=CC1CCCN1c1cc(-c2cn[nH]c2)nc2c(Cl)c(Cl)ccc12. The molecule has 26 heavy (non-hydrogen) atoms. The number of anilines is 1. The van der Waals surface area contributed by atoms with E-state index in [4.69, 9.17) is 28.3 Å². The first-order valence-corrected chi connectivity index (χ1v) is 8.89. The molecule has 1 saturated heterocycles. The number of nitrogens with one attached hydrogen (secondary N) is 1. The average Bonchev–Trinajstić information content (AvgIpc) is 3.37. The van der Waals surface area contributed by atoms with E-state index in [-0.39, 0.29) is 6.04 Å². The standard InChI is InChI=1S/C17H14Cl2N4O.CH4O/c18-13-4-3-12-15(23-5-1-2-11(23)9-24)6-14(10-7-20-21-8-10)22-17(12)16(13)19;1-2/h3-4,6-9,11H,1-2,5H2,(H,20,21);2H,1H3. The number of aliphatic hydroxyl groups excluding tert-OH is 1. The van der Waals surface area contributed by atoms with Crippen LogP contribution in [0.5, 0.6) is 0 Å². The average molecular weight is 393 g/mol. The molecule has 4 rings (SSSR count). The van der Waals surface area contributed by atoms with Crippen molar-refractivity contribution in [1.29, 1.82) is 0 Å². The molecule has 1 aromatic carbocycles. The molecule has 6 nitrogen and oxygen atoms in total. The zero-order chi connectivity index (χ0) is 18.7. The number of H-pyrrole nitrogens is 1. The lowest BCUT2D eigenvalue weighted by molar-refractivity contribution is -0.108. The van der Waals surface area contributed by atoms with Gasteiger partial charge in [0.15, 0.2) is 0 Å². The molecule has 136 valence electrons. The fourth-order valence-electron chi connectivity index (χ4n) is 3.23. The Labute approximate surface area is 160 Å². The van der Waals surface area contributed by atoms with E-state index in [9.17, 15) is 4.79 Å². The Morgan fingerprint density at radius 2 is 2.15 bits per heavy atom. The number of carbonyl (C=O) groups excluding carboxylic acids is 1. The van der Waals surface area contributed by atoms with Gasteiger partial charge in [0.05, 0.1) is 33.5 Å². The number of aromatic amines is 1. The summed E-state index contributed by atoms with van der Waals surface area (Å²) in [5.74, 6) is 0. The van der Waals surface area contributed by atoms with Crippen LogP contribution in [0.3, 0.4) is 0 Å². The van der Waals surface area contributed by atoms with Gasteiger partial charge < -0.3 is 14.8 Å². The molecule has 0 amide bonds. The molecule has 0 saturated carbocycles. The van der Waals surface area contributed by atoms with E-state index in [1.807, 2.05) is 12.1 Å². The highest BCUT2D eigenvalue weighted by Gasteiger charge is 2.27. The maximum Gasteiger partial charge on any atom is 0.142 e. The van der Waals surface area contributed by atoms with Gasteiger partial charge in [-0.15, -0.1) is 0 Å². The number of aldehydes is 1. The molecule has 1 atom stereocenters. The van der Waals surface area contributed by atoms with Gasteiger partial charge in [-0.25, -0.2) is 4.98 Å². The topological polar surface area (TPSA) is 82.1 Å². The number of fused-ring (bicyclic) bond motifs is 1. The van der Waals surface area contributed by atoms with Crippen LogP contribution < -0.4 is 4.90 Å². The summed E-state index contributed by atoms with van der Waals surface area (Å²) in [5, 5.41) is 15.5. The number of pyridine rings is 1. The summed E-state index contributed by atoms with van der Waals surface area (Å²) in [6.45, 7) is 0.827. The van der Waals surface area contributed by atoms with E-state index in [0.29, 0.717) is 15.6 Å². The smallest absolute Gasteiger partial charge is 0.142 e. The minimum atomic E-state index is -0.123. The van der Waals surface area contributed by atoms with Crippen molar-refractivity contribution < 1.29 is 9.90 Å². The Kier molecular flexibility index (Phi) is 5.76. The first kappa shape index (κ1) is 18.6. The molecular formula is C18H18Cl2N4O2. The van der Waals surface area contributed by atoms with Crippen LogP contribution in [0.1, 0.15) is 12.8 Å². The highest BCUT2D eigenvalue weighted by molar-refractivity contribution is 6.45. The van der Waals surface area contributed by atoms with Crippen LogP contribution in [0, 0.1) is 0 Å². The van der Waals surface area contributed by atoms with Crippen LogP contribution in [0.25, 0.3) is 22.2 Å². The monoisotopic (exact) mass is 392 g/mol. The molecular weight excluding hydrogens is 375 g/mol. The number of hydrogen-bond acceptors (Lipinski definition) is 5. The van der Waals surface area contributed by atoms with Crippen molar-refractivity contribution in [1.82, 2.24) is 15.2 Å². The van der Waals surface area contributed by atoms with E-state index < -0.39 is 0 Å². The number of carbonyl (C=O) groups is 1. The predicted octanol–water partition coefficient (Wildman–Crippen LogP) is 3.71. The van der Waals surface area contributed by atoms with Gasteiger partial charge >= 0.3 is 0 Å². The zero-order valence-corrected chi connectivity index (χ0v) is 15.6. The highest BCUT2D eigenvalue weighted by atomic mass is 35.5. The number of aliphatic hydroxyl groups is 1. The van der Waals surface area contributed by atoms with Gasteiger partial charge in [0.25, 0.3) is 0 Å². The Hall–Kier alpha value is -2.15. The fraction of sp³-hybridized carbons (Fsp3) is 0.278. The second-order valence-corrected chi connectivity index (χ2v) is 6.60. The molecule has 0 spiro atoms. The van der Waals surface area contributed by atoms with Crippen molar-refractivity contribution in [3.05, 3.63) is 40.6 Å². The number of nitrogens with zero attached hydrogens (tertiary/aromatic N) is 3. The number of hydrogen-bond donors (Lipinski definition) is 2. The van der Waals surface area contributed by atoms with Gasteiger partial charge in [-0.05, 0) is 31.0 Å². The first-order valence-electron chi connectivity index (χ1n) is 8.13. The van der Waals surface area contributed by atoms with Crippen LogP contribution in [0.4, 0.5) is 5.69 Å². The Balaban J connectivity index is 0.000000948. The van der Waals surface area contributed by atoms with Crippen LogP contribution in [0.2, 0.25) is 10.0 Å². The lowest BCUT2D eigenvalue weighted by atomic mass is 10.1. The second kappa shape index (κ2) is 8.03. The van der Waals surface area contributed by atoms with Gasteiger partial charge in [0, 0.05) is 36.5 Å². The molecule has 1 aliphatic rings. The molecule has 1 aliphatic heterocycles. The van der Waals surface area contributed by atoms with Crippen molar-refractivity contribution in [2.24, 2.45) is 0 Å². The normalized spacial score (nSPS) is 16.5. The Morgan fingerprint density at radius 1 is 1.35 bits per heavy atom. The van der Waals surface area contributed by atoms with Crippen molar-refractivity contribution in [2.75, 3.05) is 18.6 Å². The molecule has 2 N–H and O–H groups in total. The highest BCUT2D eigenvalue weighted by Crippen LogP contribution is 2.39. The molecule has 3 aromatic rings. The van der Waals surface area contributed by atoms with Gasteiger partial charge in [0.1, 0.15) is 6.29 Å². The Morgan fingerprint density at radius 3 is 2.85 bits per heavy atom. The maximum atomic E-state index is 11.4. The third-order valence-corrected chi connectivity index (χ3v) is 5.20. The summed E-state index contributed by atoms with van der Waals surface area (Å²) >= 11 is 12.6. The van der Waals surface area contributed by atoms with Crippen LogP contribution in [0.15, 0.2) is 30.6 Å². The van der Waals surface area contributed by atoms with E-state index in [2.05, 4.69) is 20.1 Å². The second-order valence-electron chi connectivity index (χ2n) is 5.81. The third-order valence-electron chi connectivity index (χ3n) is 4.41. The van der Waals surface area contributed by atoms with Crippen LogP contribution >= 0.6 is 23.2 Å². The molecule has 1 unspecified atom stereocenters. The van der Waals surface area contributed by atoms with Gasteiger partial charge in [0.2, 0.25) is 0 Å². The number of halogens is 2. The first-order chi connectivity index (χ1) is 12.7. The van der Waals surface area contributed by atoms with Crippen molar-refractivity contribution in [3.63, 3.8) is 0 Å². The number of benzene rings is 1. The van der Waals surface area contributed by atoms with Crippen LogP contribution in [-0.4, -0.2) is 46.3 Å². The van der Waals surface area contributed by atoms with Gasteiger partial charge in [-0.2, -0.15) is 5.10 Å². The van der Waals surface area contributed by atoms with E-state index in [0.717, 1.165) is 55.1 Å². The molecule has 3 heterocycles. The zero-order valence-electron chi connectivity index (χ0n) is 14.1. The minimum Gasteiger partial charge on any atom is -0.400 e. The summed E-state index contributed by atoms with van der Waals surface area (Å²) < 4.78 is 0. The summed E-state index contributed by atoms with van der Waals surface area (Å²) in [7, 11) is 1.00. The fourth-order valence-corrected chi connectivity index (χ4v) is 3.58. The van der Waals surface area contributed by atoms with Crippen molar-refractivity contribution in [3.8, 4) is 11.3 Å². The van der Waals surface area contributed by atoms with Crippen LogP contribution in [-0.2, 0) is 4.79 Å². The van der Waals surface area contributed by atoms with Gasteiger partial charge in [-0.3, -0.25) is 5.10 Å². The quantitative estimate of drug-likeness (QED) is 0.663. The summed E-state index contributed by atoms with van der Waals surface area (Å²) in [6.07, 6.45) is 6.33. The lowest BCUT2D eigenvalue weighted by Crippen LogP contribution is -2.30. The molecule has 0 radical (unpaired) electrons. The van der Waals surface area contributed by atoms with Crippen molar-refractivity contribution >= 4 is 46.1 Å². The number of aromatic nitrogens is 3. The van der Waals surface area contributed by atoms with Crippen molar-refractivity contribution in [2.45, 2.75) is 18.9 Å². The Bertz CT molecular complexity index is 915. The minimum absolute atomic E-state index is 0.123. The van der Waals surface area contributed by atoms with Gasteiger partial charge in [-0.1, -0.05) is 23.2 Å². The van der Waals surface area contributed by atoms with E-state index in [1.165, 1.54) is 0 Å². The molecule has 2 aromatic heterocycles.